The number of rotatable bonds is 3. The van der Waals surface area contributed by atoms with Crippen LogP contribution in [0.4, 0.5) is 0 Å². The van der Waals surface area contributed by atoms with Crippen LogP contribution in [-0.4, -0.2) is 21.2 Å². The van der Waals surface area contributed by atoms with E-state index in [4.69, 9.17) is 0 Å². The SMILES string of the molecule is CS/C(=C\c1ccccc1)[Se]C. The van der Waals surface area contributed by atoms with Gasteiger partial charge in [0.25, 0.3) is 0 Å². The summed E-state index contributed by atoms with van der Waals surface area (Å²) in [6.07, 6.45) is 4.41. The van der Waals surface area contributed by atoms with Gasteiger partial charge in [-0.15, -0.1) is 0 Å². The van der Waals surface area contributed by atoms with Gasteiger partial charge in [-0.3, -0.25) is 0 Å². The molecule has 1 aromatic rings. The van der Waals surface area contributed by atoms with Gasteiger partial charge in [0, 0.05) is 0 Å². The predicted octanol–water partition coefficient (Wildman–Crippen LogP) is 3.10. The van der Waals surface area contributed by atoms with Crippen molar-refractivity contribution in [1.29, 1.82) is 0 Å². The molecular weight excluding hydrogens is 231 g/mol. The molecule has 0 saturated carbocycles. The van der Waals surface area contributed by atoms with E-state index in [2.05, 4.69) is 42.4 Å². The number of thioether (sulfide) groups is 1. The summed E-state index contributed by atoms with van der Waals surface area (Å²) in [5, 5.41) is 0. The van der Waals surface area contributed by atoms with Crippen LogP contribution in [0.25, 0.3) is 6.08 Å². The van der Waals surface area contributed by atoms with Gasteiger partial charge < -0.3 is 0 Å². The van der Waals surface area contributed by atoms with Crippen LogP contribution in [0.2, 0.25) is 5.82 Å². The molecular formula is C10H12SSe. The zero-order valence-corrected chi connectivity index (χ0v) is 9.81. The summed E-state index contributed by atoms with van der Waals surface area (Å²) >= 11 is 2.47. The quantitative estimate of drug-likeness (QED) is 0.735. The van der Waals surface area contributed by atoms with E-state index in [9.17, 15) is 0 Å². The molecule has 64 valence electrons. The molecule has 0 nitrogen and oxygen atoms in total. The van der Waals surface area contributed by atoms with Gasteiger partial charge in [-0.1, -0.05) is 0 Å². The van der Waals surface area contributed by atoms with Crippen LogP contribution >= 0.6 is 11.8 Å². The Morgan fingerprint density at radius 1 is 1.33 bits per heavy atom. The fraction of sp³-hybridized carbons (Fsp3) is 0.200. The molecule has 0 saturated heterocycles. The molecule has 1 rings (SSSR count). The van der Waals surface area contributed by atoms with Gasteiger partial charge in [0.15, 0.2) is 0 Å². The molecule has 0 aromatic heterocycles. The molecule has 0 amide bonds. The van der Waals surface area contributed by atoms with Gasteiger partial charge in [-0.05, 0) is 0 Å². The van der Waals surface area contributed by atoms with E-state index in [0.29, 0.717) is 15.0 Å². The zero-order chi connectivity index (χ0) is 8.81. The molecule has 0 unspecified atom stereocenters. The Labute approximate surface area is 84.6 Å². The normalized spacial score (nSPS) is 11.7. The molecule has 0 heterocycles. The van der Waals surface area contributed by atoms with E-state index < -0.39 is 0 Å². The Balaban J connectivity index is 2.79. The van der Waals surface area contributed by atoms with Gasteiger partial charge >= 0.3 is 84.6 Å². The molecule has 0 spiro atoms. The van der Waals surface area contributed by atoms with E-state index in [1.807, 2.05) is 17.8 Å². The number of benzene rings is 1. The van der Waals surface area contributed by atoms with Crippen molar-refractivity contribution < 1.29 is 0 Å². The van der Waals surface area contributed by atoms with Gasteiger partial charge in [0.1, 0.15) is 0 Å². The van der Waals surface area contributed by atoms with E-state index in [0.717, 1.165) is 0 Å². The summed E-state index contributed by atoms with van der Waals surface area (Å²) in [4.78, 5) is 0. The van der Waals surface area contributed by atoms with Gasteiger partial charge in [-0.2, -0.15) is 0 Å². The second-order valence-corrected chi connectivity index (χ2v) is 5.49. The molecule has 1 aromatic carbocycles. The molecule has 2 heteroatoms. The monoisotopic (exact) mass is 244 g/mol. The molecule has 0 aliphatic carbocycles. The van der Waals surface area contributed by atoms with Crippen molar-refractivity contribution in [3.8, 4) is 0 Å². The Morgan fingerprint density at radius 2 is 2.00 bits per heavy atom. The fourth-order valence-corrected chi connectivity index (χ4v) is 2.89. The maximum atomic E-state index is 2.27. The Kier molecular flexibility index (Phi) is 4.52. The van der Waals surface area contributed by atoms with Gasteiger partial charge in [-0.25, -0.2) is 0 Å². The van der Waals surface area contributed by atoms with Crippen molar-refractivity contribution in [1.82, 2.24) is 0 Å². The van der Waals surface area contributed by atoms with E-state index in [1.165, 1.54) is 9.37 Å². The number of hydrogen-bond acceptors (Lipinski definition) is 1. The van der Waals surface area contributed by atoms with Crippen LogP contribution in [0.1, 0.15) is 5.56 Å². The first-order valence-electron chi connectivity index (χ1n) is 3.71. The zero-order valence-electron chi connectivity index (χ0n) is 7.28. The summed E-state index contributed by atoms with van der Waals surface area (Å²) in [7, 11) is 0. The third-order valence-electron chi connectivity index (χ3n) is 1.49. The Hall–Kier alpha value is -0.171. The van der Waals surface area contributed by atoms with E-state index in [-0.39, 0.29) is 0 Å². The van der Waals surface area contributed by atoms with Crippen molar-refractivity contribution in [3.63, 3.8) is 0 Å². The summed E-state index contributed by atoms with van der Waals surface area (Å²) < 4.78 is 1.49. The number of hydrogen-bond donors (Lipinski definition) is 0. The Bertz CT molecular complexity index is 248. The van der Waals surface area contributed by atoms with Crippen molar-refractivity contribution >= 4 is 32.8 Å². The molecule has 0 N–H and O–H groups in total. The summed E-state index contributed by atoms with van der Waals surface area (Å²) in [6.45, 7) is 0. The molecule has 0 bridgehead atoms. The second kappa shape index (κ2) is 5.47. The Morgan fingerprint density at radius 3 is 2.50 bits per heavy atom. The summed E-state index contributed by atoms with van der Waals surface area (Å²) in [6, 6.07) is 10.5. The first kappa shape index (κ1) is 9.91. The van der Waals surface area contributed by atoms with Crippen molar-refractivity contribution in [3.05, 3.63) is 39.7 Å². The van der Waals surface area contributed by atoms with Gasteiger partial charge in [0.2, 0.25) is 0 Å². The maximum absolute atomic E-state index is 2.27. The van der Waals surface area contributed by atoms with E-state index in [1.54, 1.807) is 0 Å². The van der Waals surface area contributed by atoms with Crippen LogP contribution in [0.5, 0.6) is 0 Å². The van der Waals surface area contributed by atoms with Crippen molar-refractivity contribution in [2.24, 2.45) is 0 Å². The van der Waals surface area contributed by atoms with Crippen molar-refractivity contribution in [2.45, 2.75) is 5.82 Å². The van der Waals surface area contributed by atoms with Crippen molar-refractivity contribution in [2.75, 3.05) is 6.26 Å². The molecule has 0 fully saturated rings. The summed E-state index contributed by atoms with van der Waals surface area (Å²) in [5.41, 5.74) is 1.31. The van der Waals surface area contributed by atoms with Crippen LogP contribution in [-0.2, 0) is 0 Å². The predicted molar refractivity (Wildman–Crippen MR) is 59.6 cm³/mol. The molecule has 12 heavy (non-hydrogen) atoms. The van der Waals surface area contributed by atoms with Crippen LogP contribution in [0.15, 0.2) is 34.1 Å². The topological polar surface area (TPSA) is 0 Å². The van der Waals surface area contributed by atoms with Crippen LogP contribution < -0.4 is 0 Å². The van der Waals surface area contributed by atoms with Crippen LogP contribution in [0, 0.1) is 0 Å². The summed E-state index contributed by atoms with van der Waals surface area (Å²) in [5.74, 6) is 2.25. The van der Waals surface area contributed by atoms with Gasteiger partial charge in [0.05, 0.1) is 0 Å². The minimum atomic E-state index is 0.620. The fourth-order valence-electron chi connectivity index (χ4n) is 0.887. The molecule has 0 radical (unpaired) electrons. The molecule has 0 aliphatic heterocycles. The average molecular weight is 243 g/mol. The first-order valence-corrected chi connectivity index (χ1v) is 7.51. The third-order valence-corrected chi connectivity index (χ3v) is 5.01. The van der Waals surface area contributed by atoms with Crippen LogP contribution in [0.3, 0.4) is 0 Å². The third kappa shape index (κ3) is 3.06. The standard InChI is InChI=1S/C10H12SSe/c1-11-10(12-2)8-9-6-4-3-5-7-9/h3-8H,1-2H3/b10-8+. The minimum absolute atomic E-state index is 0.620. The average Bonchev–Trinajstić information content (AvgIpc) is 2.16. The molecule has 0 atom stereocenters. The molecule has 0 aliphatic rings. The van der Waals surface area contributed by atoms with E-state index >= 15 is 0 Å². The first-order chi connectivity index (χ1) is 5.86. The second-order valence-electron chi connectivity index (χ2n) is 2.28.